The molecule has 1 amide bonds. The summed E-state index contributed by atoms with van der Waals surface area (Å²) >= 11 is 0. The molecule has 0 bridgehead atoms. The first-order valence-corrected chi connectivity index (χ1v) is 6.61. The molecule has 1 aromatic carbocycles. The molecule has 2 rings (SSSR count). The van der Waals surface area contributed by atoms with E-state index < -0.39 is 0 Å². The second-order valence-electron chi connectivity index (χ2n) is 4.96. The second kappa shape index (κ2) is 6.27. The zero-order chi connectivity index (χ0) is 14.5. The van der Waals surface area contributed by atoms with Gasteiger partial charge in [0.25, 0.3) is 5.91 Å². The SMILES string of the molecule is CC(NC(=O)COc1ccccc1/C(N)=N/O)C1CC1. The Bertz CT molecular complexity index is 512. The van der Waals surface area contributed by atoms with Gasteiger partial charge < -0.3 is 21.0 Å². The molecule has 0 radical (unpaired) electrons. The lowest BCUT2D eigenvalue weighted by Gasteiger charge is -2.14. The van der Waals surface area contributed by atoms with Crippen LogP contribution in [-0.4, -0.2) is 29.6 Å². The van der Waals surface area contributed by atoms with Gasteiger partial charge in [0.1, 0.15) is 5.75 Å². The van der Waals surface area contributed by atoms with Crippen LogP contribution in [0.3, 0.4) is 0 Å². The Balaban J connectivity index is 1.91. The highest BCUT2D eigenvalue weighted by molar-refractivity contribution is 5.99. The minimum Gasteiger partial charge on any atom is -0.483 e. The molecule has 1 atom stereocenters. The monoisotopic (exact) mass is 277 g/mol. The maximum absolute atomic E-state index is 11.8. The van der Waals surface area contributed by atoms with E-state index in [-0.39, 0.29) is 24.4 Å². The van der Waals surface area contributed by atoms with Crippen molar-refractivity contribution in [1.29, 1.82) is 0 Å². The lowest BCUT2D eigenvalue weighted by Crippen LogP contribution is -2.37. The number of benzene rings is 1. The first kappa shape index (κ1) is 14.2. The van der Waals surface area contributed by atoms with Crippen LogP contribution in [-0.2, 0) is 4.79 Å². The van der Waals surface area contributed by atoms with Gasteiger partial charge in [0.05, 0.1) is 5.56 Å². The minimum absolute atomic E-state index is 0.0487. The Morgan fingerprint density at radius 2 is 2.25 bits per heavy atom. The smallest absolute Gasteiger partial charge is 0.258 e. The van der Waals surface area contributed by atoms with Crippen molar-refractivity contribution in [1.82, 2.24) is 5.32 Å². The molecular weight excluding hydrogens is 258 g/mol. The van der Waals surface area contributed by atoms with Crippen LogP contribution < -0.4 is 15.8 Å². The molecule has 1 aliphatic carbocycles. The second-order valence-corrected chi connectivity index (χ2v) is 4.96. The Kier molecular flexibility index (Phi) is 4.45. The first-order chi connectivity index (χ1) is 9.61. The quantitative estimate of drug-likeness (QED) is 0.313. The van der Waals surface area contributed by atoms with Gasteiger partial charge in [-0.25, -0.2) is 0 Å². The zero-order valence-electron chi connectivity index (χ0n) is 11.4. The highest BCUT2D eigenvalue weighted by Crippen LogP contribution is 2.32. The van der Waals surface area contributed by atoms with Crippen molar-refractivity contribution in [2.75, 3.05) is 6.61 Å². The molecule has 20 heavy (non-hydrogen) atoms. The number of ether oxygens (including phenoxy) is 1. The van der Waals surface area contributed by atoms with Crippen LogP contribution in [0.5, 0.6) is 5.75 Å². The highest BCUT2D eigenvalue weighted by atomic mass is 16.5. The van der Waals surface area contributed by atoms with E-state index in [0.29, 0.717) is 17.2 Å². The number of hydrogen-bond acceptors (Lipinski definition) is 4. The van der Waals surface area contributed by atoms with Crippen LogP contribution in [0.25, 0.3) is 0 Å². The average Bonchev–Trinajstić information content (AvgIpc) is 3.29. The van der Waals surface area contributed by atoms with Gasteiger partial charge in [0, 0.05) is 6.04 Å². The van der Waals surface area contributed by atoms with E-state index in [4.69, 9.17) is 15.7 Å². The molecule has 0 aliphatic heterocycles. The molecule has 1 unspecified atom stereocenters. The standard InChI is InChI=1S/C14H19N3O3/c1-9(10-6-7-10)16-13(18)8-20-12-5-3-2-4-11(12)14(15)17-19/h2-5,9-10,19H,6-8H2,1H3,(H2,15,17)(H,16,18). The molecule has 0 saturated heterocycles. The van der Waals surface area contributed by atoms with Crippen molar-refractivity contribution in [3.05, 3.63) is 29.8 Å². The molecule has 1 fully saturated rings. The van der Waals surface area contributed by atoms with Crippen molar-refractivity contribution >= 4 is 11.7 Å². The van der Waals surface area contributed by atoms with Gasteiger partial charge in [-0.3, -0.25) is 4.79 Å². The number of amidine groups is 1. The predicted octanol–water partition coefficient (Wildman–Crippen LogP) is 1.07. The van der Waals surface area contributed by atoms with Crippen molar-refractivity contribution in [3.63, 3.8) is 0 Å². The summed E-state index contributed by atoms with van der Waals surface area (Å²) in [4.78, 5) is 11.8. The van der Waals surface area contributed by atoms with E-state index in [1.165, 1.54) is 12.8 Å². The number of nitrogens with zero attached hydrogens (tertiary/aromatic N) is 1. The Hall–Kier alpha value is -2.24. The van der Waals surface area contributed by atoms with E-state index >= 15 is 0 Å². The van der Waals surface area contributed by atoms with Gasteiger partial charge in [-0.1, -0.05) is 17.3 Å². The highest BCUT2D eigenvalue weighted by Gasteiger charge is 2.28. The molecule has 0 aromatic heterocycles. The summed E-state index contributed by atoms with van der Waals surface area (Å²) in [5.41, 5.74) is 6.01. The third-order valence-electron chi connectivity index (χ3n) is 3.35. The number of amides is 1. The maximum Gasteiger partial charge on any atom is 0.258 e. The molecule has 6 nitrogen and oxygen atoms in total. The number of nitrogens with two attached hydrogens (primary N) is 1. The zero-order valence-corrected chi connectivity index (χ0v) is 11.4. The van der Waals surface area contributed by atoms with Gasteiger partial charge >= 0.3 is 0 Å². The summed E-state index contributed by atoms with van der Waals surface area (Å²) in [6.45, 7) is 1.91. The maximum atomic E-state index is 11.8. The van der Waals surface area contributed by atoms with Gasteiger partial charge in [0.15, 0.2) is 12.4 Å². The molecule has 1 aliphatic rings. The Labute approximate surface area is 117 Å². The summed E-state index contributed by atoms with van der Waals surface area (Å²) < 4.78 is 5.44. The molecule has 0 spiro atoms. The molecular formula is C14H19N3O3. The van der Waals surface area contributed by atoms with Gasteiger partial charge in [-0.2, -0.15) is 0 Å². The van der Waals surface area contributed by atoms with Gasteiger partial charge in [0.2, 0.25) is 0 Å². The molecule has 6 heteroatoms. The van der Waals surface area contributed by atoms with Crippen LogP contribution in [0.1, 0.15) is 25.3 Å². The van der Waals surface area contributed by atoms with E-state index in [0.717, 1.165) is 0 Å². The largest absolute Gasteiger partial charge is 0.483 e. The number of hydrogen-bond donors (Lipinski definition) is 3. The number of nitrogens with one attached hydrogen (secondary N) is 1. The Morgan fingerprint density at radius 1 is 1.55 bits per heavy atom. The molecule has 4 N–H and O–H groups in total. The van der Waals surface area contributed by atoms with Gasteiger partial charge in [-0.15, -0.1) is 0 Å². The molecule has 108 valence electrons. The molecule has 1 aromatic rings. The van der Waals surface area contributed by atoms with Crippen molar-refractivity contribution in [2.45, 2.75) is 25.8 Å². The number of carbonyl (C=O) groups is 1. The lowest BCUT2D eigenvalue weighted by atomic mass is 10.2. The van der Waals surface area contributed by atoms with E-state index in [1.807, 2.05) is 6.92 Å². The Morgan fingerprint density at radius 3 is 2.90 bits per heavy atom. The summed E-state index contributed by atoms with van der Waals surface area (Å²) in [7, 11) is 0. The fourth-order valence-electron chi connectivity index (χ4n) is 2.01. The summed E-state index contributed by atoms with van der Waals surface area (Å²) in [6.07, 6.45) is 2.35. The topological polar surface area (TPSA) is 96.9 Å². The average molecular weight is 277 g/mol. The first-order valence-electron chi connectivity index (χ1n) is 6.61. The summed E-state index contributed by atoms with van der Waals surface area (Å²) in [6, 6.07) is 7.02. The van der Waals surface area contributed by atoms with Crippen molar-refractivity contribution < 1.29 is 14.7 Å². The molecule has 0 heterocycles. The van der Waals surface area contributed by atoms with Crippen molar-refractivity contribution in [3.8, 4) is 5.75 Å². The van der Waals surface area contributed by atoms with Crippen LogP contribution in [0.4, 0.5) is 0 Å². The minimum atomic E-state index is -0.168. The molecule has 1 saturated carbocycles. The number of para-hydroxylation sites is 1. The third-order valence-corrected chi connectivity index (χ3v) is 3.35. The number of carbonyl (C=O) groups excluding carboxylic acids is 1. The summed E-state index contributed by atoms with van der Waals surface area (Å²) in [5, 5.41) is 14.5. The third kappa shape index (κ3) is 3.63. The van der Waals surface area contributed by atoms with E-state index in [1.54, 1.807) is 24.3 Å². The van der Waals surface area contributed by atoms with E-state index in [2.05, 4.69) is 10.5 Å². The fraction of sp³-hybridized carbons (Fsp3) is 0.429. The predicted molar refractivity (Wildman–Crippen MR) is 74.8 cm³/mol. The van der Waals surface area contributed by atoms with Gasteiger partial charge in [-0.05, 0) is 37.8 Å². The van der Waals surface area contributed by atoms with Crippen molar-refractivity contribution in [2.24, 2.45) is 16.8 Å². The van der Waals surface area contributed by atoms with Crippen LogP contribution in [0.15, 0.2) is 29.4 Å². The summed E-state index contributed by atoms with van der Waals surface area (Å²) in [5.74, 6) is 0.798. The van der Waals surface area contributed by atoms with Crippen LogP contribution in [0.2, 0.25) is 0 Å². The lowest BCUT2D eigenvalue weighted by molar-refractivity contribution is -0.123. The fourth-order valence-corrected chi connectivity index (χ4v) is 2.01. The normalized spacial score (nSPS) is 16.6. The van der Waals surface area contributed by atoms with E-state index in [9.17, 15) is 4.79 Å². The van der Waals surface area contributed by atoms with Crippen LogP contribution in [0, 0.1) is 5.92 Å². The number of oxime groups is 1. The number of rotatable bonds is 6. The van der Waals surface area contributed by atoms with Crippen LogP contribution >= 0.6 is 0 Å².